The number of allylic oxidation sites excluding steroid dienone is 1. The third-order valence-electron chi connectivity index (χ3n) is 3.24. The summed E-state index contributed by atoms with van der Waals surface area (Å²) in [7, 11) is 0. The summed E-state index contributed by atoms with van der Waals surface area (Å²) in [5, 5.41) is 10.3. The van der Waals surface area contributed by atoms with Gasteiger partial charge < -0.3 is 5.11 Å². The zero-order valence-corrected chi connectivity index (χ0v) is 14.6. The average Bonchev–Trinajstić information content (AvgIpc) is 2.96. The molecular weight excluding hydrogens is 368 g/mol. The van der Waals surface area contributed by atoms with Crippen LogP contribution in [-0.2, 0) is 6.54 Å². The van der Waals surface area contributed by atoms with Crippen LogP contribution in [0.25, 0.3) is 11.6 Å². The number of aromatic nitrogens is 1. The molecule has 0 unspecified atom stereocenters. The van der Waals surface area contributed by atoms with Crippen LogP contribution in [0.3, 0.4) is 0 Å². The molecule has 0 spiro atoms. The van der Waals surface area contributed by atoms with Crippen LogP contribution in [0.1, 0.15) is 23.8 Å². The second-order valence-corrected chi connectivity index (χ2v) is 7.32. The van der Waals surface area contributed by atoms with Crippen LogP contribution in [0.15, 0.2) is 27.7 Å². The van der Waals surface area contributed by atoms with Crippen LogP contribution in [0.5, 0.6) is 5.88 Å². The first kappa shape index (κ1) is 14.7. The Morgan fingerprint density at radius 3 is 3.05 bits per heavy atom. The van der Waals surface area contributed by atoms with E-state index in [1.165, 1.54) is 11.3 Å². The van der Waals surface area contributed by atoms with Gasteiger partial charge in [0.15, 0.2) is 3.95 Å². The Bertz CT molecular complexity index is 818. The van der Waals surface area contributed by atoms with Gasteiger partial charge in [-0.1, -0.05) is 22.9 Å². The van der Waals surface area contributed by atoms with E-state index in [9.17, 15) is 5.11 Å². The van der Waals surface area contributed by atoms with Crippen LogP contribution in [0.4, 0.5) is 5.69 Å². The van der Waals surface area contributed by atoms with Gasteiger partial charge in [-0.2, -0.15) is 0 Å². The van der Waals surface area contributed by atoms with E-state index in [2.05, 4.69) is 27.8 Å². The smallest absolute Gasteiger partial charge is 0.210 e. The highest BCUT2D eigenvalue weighted by atomic mass is 79.9. The Balaban J connectivity index is 2.06. The molecule has 0 fully saturated rings. The summed E-state index contributed by atoms with van der Waals surface area (Å²) in [4.78, 5) is 5.17. The standard InChI is InChI=1S/C15H13BrN2OS2/c1-2-5-18-14(19)13(21-15(18)20)6-9-8-17-12-4-3-10(16)7-11(9)12/h3-4,6-8,19H,2,5H2,1H3. The third-order valence-corrected chi connectivity index (χ3v) is 5.12. The van der Waals surface area contributed by atoms with Crippen molar-refractivity contribution in [1.29, 1.82) is 0 Å². The zero-order valence-electron chi connectivity index (χ0n) is 11.3. The van der Waals surface area contributed by atoms with Crippen molar-refractivity contribution >= 4 is 63.0 Å². The van der Waals surface area contributed by atoms with Gasteiger partial charge in [-0.15, -0.1) is 11.3 Å². The molecule has 0 radical (unpaired) electrons. The first-order valence-corrected chi connectivity index (χ1v) is 8.60. The summed E-state index contributed by atoms with van der Waals surface area (Å²) in [6.07, 6.45) is 4.71. The van der Waals surface area contributed by atoms with Crippen molar-refractivity contribution < 1.29 is 5.11 Å². The lowest BCUT2D eigenvalue weighted by atomic mass is 10.1. The lowest BCUT2D eigenvalue weighted by molar-refractivity contribution is 0.413. The van der Waals surface area contributed by atoms with Gasteiger partial charge in [-0.05, 0) is 42.9 Å². The normalized spacial score (nSPS) is 14.9. The quantitative estimate of drug-likeness (QED) is 0.722. The zero-order chi connectivity index (χ0) is 15.0. The fraction of sp³-hybridized carbons (Fsp3) is 0.200. The van der Waals surface area contributed by atoms with Gasteiger partial charge in [0.25, 0.3) is 0 Å². The van der Waals surface area contributed by atoms with Crippen LogP contribution >= 0.6 is 39.5 Å². The summed E-state index contributed by atoms with van der Waals surface area (Å²) < 4.78 is 3.49. The molecule has 6 heteroatoms. The van der Waals surface area contributed by atoms with Crippen molar-refractivity contribution in [3.05, 3.63) is 37.1 Å². The number of halogens is 1. The van der Waals surface area contributed by atoms with Crippen LogP contribution in [0, 0.1) is 3.95 Å². The van der Waals surface area contributed by atoms with Gasteiger partial charge >= 0.3 is 0 Å². The number of aliphatic imine (C=N–C) groups is 1. The highest BCUT2D eigenvalue weighted by molar-refractivity contribution is 9.10. The molecule has 1 aromatic carbocycles. The molecule has 0 amide bonds. The molecule has 0 atom stereocenters. The van der Waals surface area contributed by atoms with Gasteiger partial charge in [-0.25, -0.2) is 0 Å². The average molecular weight is 381 g/mol. The number of benzene rings is 1. The van der Waals surface area contributed by atoms with Crippen molar-refractivity contribution in [2.45, 2.75) is 19.9 Å². The first-order valence-electron chi connectivity index (χ1n) is 6.58. The maximum atomic E-state index is 10.3. The van der Waals surface area contributed by atoms with Gasteiger partial charge in [0, 0.05) is 28.4 Å². The molecule has 1 aliphatic heterocycles. The third kappa shape index (κ3) is 2.75. The van der Waals surface area contributed by atoms with Crippen molar-refractivity contribution in [2.24, 2.45) is 4.99 Å². The van der Waals surface area contributed by atoms with Gasteiger partial charge in [0.1, 0.15) is 0 Å². The number of aromatic hydroxyl groups is 1. The minimum Gasteiger partial charge on any atom is -0.493 e. The van der Waals surface area contributed by atoms with Gasteiger partial charge in [-0.3, -0.25) is 9.56 Å². The second-order valence-electron chi connectivity index (χ2n) is 4.73. The van der Waals surface area contributed by atoms with Crippen molar-refractivity contribution in [2.75, 3.05) is 0 Å². The SMILES string of the molecule is CCCn1c(O)c(C=C2C=Nc3ccc(Br)cc32)sc1=S. The second kappa shape index (κ2) is 5.87. The van der Waals surface area contributed by atoms with Crippen molar-refractivity contribution in [1.82, 2.24) is 4.57 Å². The van der Waals surface area contributed by atoms with E-state index in [0.717, 1.165) is 39.1 Å². The van der Waals surface area contributed by atoms with Gasteiger partial charge in [0.2, 0.25) is 5.88 Å². The lowest BCUT2D eigenvalue weighted by Crippen LogP contribution is -1.94. The van der Waals surface area contributed by atoms with Crippen molar-refractivity contribution in [3.63, 3.8) is 0 Å². The number of hydrogen-bond acceptors (Lipinski definition) is 4. The largest absolute Gasteiger partial charge is 0.493 e. The fourth-order valence-corrected chi connectivity index (χ4v) is 3.92. The first-order chi connectivity index (χ1) is 10.1. The number of rotatable bonds is 3. The molecule has 0 aliphatic carbocycles. The molecule has 21 heavy (non-hydrogen) atoms. The van der Waals surface area contributed by atoms with Crippen molar-refractivity contribution in [3.8, 4) is 5.88 Å². The minimum absolute atomic E-state index is 0.246. The van der Waals surface area contributed by atoms with E-state index < -0.39 is 0 Å². The van der Waals surface area contributed by atoms with E-state index in [0.29, 0.717) is 3.95 Å². The van der Waals surface area contributed by atoms with E-state index in [1.54, 1.807) is 4.57 Å². The maximum absolute atomic E-state index is 10.3. The molecular formula is C15H13BrN2OS2. The molecule has 1 N–H and O–H groups in total. The predicted octanol–water partition coefficient (Wildman–Crippen LogP) is 5.41. The molecule has 2 aromatic rings. The number of thiazole rings is 1. The highest BCUT2D eigenvalue weighted by Gasteiger charge is 2.15. The van der Waals surface area contributed by atoms with Crippen LogP contribution < -0.4 is 0 Å². The maximum Gasteiger partial charge on any atom is 0.210 e. The Labute approximate surface area is 140 Å². The molecule has 1 aliphatic rings. The molecule has 3 nitrogen and oxygen atoms in total. The van der Waals surface area contributed by atoms with E-state index in [1.807, 2.05) is 30.5 Å². The summed E-state index contributed by atoms with van der Waals surface area (Å²) in [5.74, 6) is 0.246. The Hall–Kier alpha value is -1.24. The lowest BCUT2D eigenvalue weighted by Gasteiger charge is -2.02. The van der Waals surface area contributed by atoms with Gasteiger partial charge in [0.05, 0.1) is 10.6 Å². The molecule has 108 valence electrons. The number of nitrogens with zero attached hydrogens (tertiary/aromatic N) is 2. The Morgan fingerprint density at radius 1 is 1.48 bits per heavy atom. The highest BCUT2D eigenvalue weighted by Crippen LogP contribution is 2.37. The molecule has 0 bridgehead atoms. The summed E-state index contributed by atoms with van der Waals surface area (Å²) in [6, 6.07) is 5.98. The minimum atomic E-state index is 0.246. The number of fused-ring (bicyclic) bond motifs is 1. The summed E-state index contributed by atoms with van der Waals surface area (Å²) in [6.45, 7) is 2.80. The molecule has 2 heterocycles. The summed E-state index contributed by atoms with van der Waals surface area (Å²) >= 11 is 10.2. The monoisotopic (exact) mass is 380 g/mol. The molecule has 0 saturated carbocycles. The summed E-state index contributed by atoms with van der Waals surface area (Å²) in [5.41, 5.74) is 2.99. The number of hydrogen-bond donors (Lipinski definition) is 1. The Kier molecular flexibility index (Phi) is 4.10. The predicted molar refractivity (Wildman–Crippen MR) is 95.3 cm³/mol. The van der Waals surface area contributed by atoms with E-state index in [-0.39, 0.29) is 5.88 Å². The Morgan fingerprint density at radius 2 is 2.29 bits per heavy atom. The molecule has 0 saturated heterocycles. The molecule has 3 rings (SSSR count). The topological polar surface area (TPSA) is 37.5 Å². The van der Waals surface area contributed by atoms with Crippen LogP contribution in [0.2, 0.25) is 0 Å². The van der Waals surface area contributed by atoms with E-state index in [4.69, 9.17) is 12.2 Å². The van der Waals surface area contributed by atoms with E-state index >= 15 is 0 Å². The fourth-order valence-electron chi connectivity index (χ4n) is 2.25. The molecule has 1 aromatic heterocycles. The van der Waals surface area contributed by atoms with Crippen LogP contribution in [-0.4, -0.2) is 15.9 Å².